The van der Waals surface area contributed by atoms with Crippen molar-refractivity contribution >= 4 is 39.7 Å². The van der Waals surface area contributed by atoms with Crippen molar-refractivity contribution in [2.45, 2.75) is 13.8 Å². The molecule has 0 saturated carbocycles. The zero-order valence-electron chi connectivity index (χ0n) is 12.7. The Morgan fingerprint density at radius 3 is 2.91 bits per heavy atom. The van der Waals surface area contributed by atoms with Crippen molar-refractivity contribution in [3.8, 4) is 11.8 Å². The van der Waals surface area contributed by atoms with Crippen molar-refractivity contribution in [3.63, 3.8) is 0 Å². The smallest absolute Gasteiger partial charge is 0.284 e. The van der Waals surface area contributed by atoms with Crippen LogP contribution in [0.25, 0.3) is 17.0 Å². The molecule has 23 heavy (non-hydrogen) atoms. The second-order valence-corrected chi connectivity index (χ2v) is 6.10. The molecular weight excluding hydrogens is 310 g/mol. The molecule has 2 heterocycles. The molecule has 0 unspecified atom stereocenters. The number of fused-ring (bicyclic) bond motifs is 1. The predicted octanol–water partition coefficient (Wildman–Crippen LogP) is 3.54. The van der Waals surface area contributed by atoms with E-state index in [-0.39, 0.29) is 5.91 Å². The summed E-state index contributed by atoms with van der Waals surface area (Å²) in [7, 11) is 0. The van der Waals surface area contributed by atoms with Crippen molar-refractivity contribution < 1.29 is 9.53 Å². The molecule has 0 atom stereocenters. The molecule has 1 amide bonds. The van der Waals surface area contributed by atoms with E-state index >= 15 is 0 Å². The summed E-state index contributed by atoms with van der Waals surface area (Å²) in [6.07, 6.45) is 3.31. The molecule has 0 spiro atoms. The zero-order valence-corrected chi connectivity index (χ0v) is 13.5. The summed E-state index contributed by atoms with van der Waals surface area (Å²) < 4.78 is 5.63. The van der Waals surface area contributed by atoms with Crippen molar-refractivity contribution in [2.24, 2.45) is 4.99 Å². The number of pyridine rings is 1. The maximum atomic E-state index is 11.8. The van der Waals surface area contributed by atoms with Gasteiger partial charge < -0.3 is 4.74 Å². The van der Waals surface area contributed by atoms with E-state index in [4.69, 9.17) is 4.74 Å². The first kappa shape index (κ1) is 15.3. The van der Waals surface area contributed by atoms with Crippen LogP contribution in [0.5, 0.6) is 5.75 Å². The summed E-state index contributed by atoms with van der Waals surface area (Å²) in [5, 5.41) is 10.7. The number of hydrogen-bond acceptors (Lipinski definition) is 5. The van der Waals surface area contributed by atoms with Crippen LogP contribution in [0.3, 0.4) is 0 Å². The van der Waals surface area contributed by atoms with Crippen LogP contribution in [0.15, 0.2) is 34.3 Å². The third-order valence-corrected chi connectivity index (χ3v) is 4.18. The van der Waals surface area contributed by atoms with Crippen LogP contribution in [0.1, 0.15) is 25.0 Å². The highest BCUT2D eigenvalue weighted by Gasteiger charge is 2.18. The zero-order chi connectivity index (χ0) is 16.4. The van der Waals surface area contributed by atoms with E-state index in [0.29, 0.717) is 22.8 Å². The normalized spacial score (nSPS) is 15.8. The van der Waals surface area contributed by atoms with Crippen molar-refractivity contribution in [3.05, 3.63) is 40.4 Å². The molecule has 3 rings (SSSR count). The van der Waals surface area contributed by atoms with Gasteiger partial charge in [0.2, 0.25) is 0 Å². The number of carbonyl (C=O) groups is 1. The molecule has 0 radical (unpaired) electrons. The fourth-order valence-electron chi connectivity index (χ4n) is 2.32. The van der Waals surface area contributed by atoms with Crippen LogP contribution in [-0.2, 0) is 4.79 Å². The van der Waals surface area contributed by atoms with E-state index in [0.717, 1.165) is 21.5 Å². The van der Waals surface area contributed by atoms with Gasteiger partial charge in [-0.25, -0.2) is 4.99 Å². The minimum absolute atomic E-state index is 0.221. The number of rotatable bonds is 3. The van der Waals surface area contributed by atoms with Crippen LogP contribution >= 0.6 is 11.8 Å². The molecule has 5 nitrogen and oxygen atoms in total. The Hall–Kier alpha value is -2.65. The predicted molar refractivity (Wildman–Crippen MR) is 91.3 cm³/mol. The van der Waals surface area contributed by atoms with Gasteiger partial charge in [-0.3, -0.25) is 9.78 Å². The first-order valence-corrected chi connectivity index (χ1v) is 7.89. The molecule has 1 aliphatic heterocycles. The van der Waals surface area contributed by atoms with E-state index in [1.165, 1.54) is 18.0 Å². The van der Waals surface area contributed by atoms with Gasteiger partial charge in [0, 0.05) is 11.6 Å². The van der Waals surface area contributed by atoms with Gasteiger partial charge in [0.15, 0.2) is 0 Å². The standard InChI is InChI=1S/C17H13N3O2S/c1-3-22-16-12(8-18)9-19-14-5-4-11(6-13(14)16)7-15-17(21)20-10(2)23-15/h4-7,9H,3H2,1-2H3/b15-7-. The van der Waals surface area contributed by atoms with Crippen molar-refractivity contribution in [1.82, 2.24) is 4.98 Å². The molecule has 0 aliphatic carbocycles. The van der Waals surface area contributed by atoms with Crippen molar-refractivity contribution in [1.29, 1.82) is 5.26 Å². The Bertz CT molecular complexity index is 910. The lowest BCUT2D eigenvalue weighted by molar-refractivity contribution is -0.113. The molecule has 0 saturated heterocycles. The van der Waals surface area contributed by atoms with Crippen LogP contribution in [0.4, 0.5) is 0 Å². The van der Waals surface area contributed by atoms with E-state index in [2.05, 4.69) is 16.0 Å². The number of nitrogens with zero attached hydrogens (tertiary/aromatic N) is 3. The highest BCUT2D eigenvalue weighted by atomic mass is 32.2. The van der Waals surface area contributed by atoms with Gasteiger partial charge in [-0.1, -0.05) is 17.8 Å². The van der Waals surface area contributed by atoms with Crippen molar-refractivity contribution in [2.75, 3.05) is 6.61 Å². The summed E-state index contributed by atoms with van der Waals surface area (Å²) >= 11 is 1.36. The number of thioether (sulfide) groups is 1. The molecule has 0 fully saturated rings. The topological polar surface area (TPSA) is 75.3 Å². The molecule has 1 aliphatic rings. The quantitative estimate of drug-likeness (QED) is 0.808. The van der Waals surface area contributed by atoms with Gasteiger partial charge in [0.05, 0.1) is 22.1 Å². The highest BCUT2D eigenvalue weighted by molar-refractivity contribution is 8.18. The summed E-state index contributed by atoms with van der Waals surface area (Å²) in [5.41, 5.74) is 1.98. The Balaban J connectivity index is 2.11. The van der Waals surface area contributed by atoms with Gasteiger partial charge in [-0.15, -0.1) is 0 Å². The average Bonchev–Trinajstić information content (AvgIpc) is 2.85. The minimum Gasteiger partial charge on any atom is -0.492 e. The maximum absolute atomic E-state index is 11.8. The van der Waals surface area contributed by atoms with Gasteiger partial charge in [-0.05, 0) is 37.6 Å². The number of benzene rings is 1. The highest BCUT2D eigenvalue weighted by Crippen LogP contribution is 2.32. The van der Waals surface area contributed by atoms with E-state index < -0.39 is 0 Å². The largest absolute Gasteiger partial charge is 0.492 e. The summed E-state index contributed by atoms with van der Waals surface area (Å²) in [6.45, 7) is 4.13. The lowest BCUT2D eigenvalue weighted by Gasteiger charge is -2.09. The van der Waals surface area contributed by atoms with Gasteiger partial charge in [0.1, 0.15) is 17.4 Å². The first-order valence-electron chi connectivity index (χ1n) is 7.07. The molecular formula is C17H13N3O2S. The number of nitriles is 1. The van der Waals surface area contributed by atoms with E-state index in [1.54, 1.807) is 13.0 Å². The van der Waals surface area contributed by atoms with E-state index in [1.807, 2.05) is 25.1 Å². The number of hydrogen-bond donors (Lipinski definition) is 0. The molecule has 6 heteroatoms. The molecule has 1 aromatic carbocycles. The van der Waals surface area contributed by atoms with Gasteiger partial charge in [0.25, 0.3) is 5.91 Å². The monoisotopic (exact) mass is 323 g/mol. The number of carbonyl (C=O) groups excluding carboxylic acids is 1. The van der Waals surface area contributed by atoms with Crippen LogP contribution in [0.2, 0.25) is 0 Å². The summed E-state index contributed by atoms with van der Waals surface area (Å²) in [6, 6.07) is 7.71. The SMILES string of the molecule is CCOc1c(C#N)cnc2ccc(/C=C3\SC(C)=NC3=O)cc12. The fourth-order valence-corrected chi connectivity index (χ4v) is 3.10. The third kappa shape index (κ3) is 2.96. The maximum Gasteiger partial charge on any atom is 0.284 e. The number of aliphatic imine (C=N–C) groups is 1. The third-order valence-electron chi connectivity index (χ3n) is 3.28. The molecule has 114 valence electrons. The van der Waals surface area contributed by atoms with Gasteiger partial charge in [-0.2, -0.15) is 5.26 Å². The van der Waals surface area contributed by atoms with Gasteiger partial charge >= 0.3 is 0 Å². The van der Waals surface area contributed by atoms with E-state index in [9.17, 15) is 10.1 Å². The fraction of sp³-hybridized carbons (Fsp3) is 0.176. The summed E-state index contributed by atoms with van der Waals surface area (Å²) in [4.78, 5) is 20.5. The second kappa shape index (κ2) is 6.23. The van der Waals surface area contributed by atoms with Crippen LogP contribution < -0.4 is 4.74 Å². The lowest BCUT2D eigenvalue weighted by atomic mass is 10.1. The Morgan fingerprint density at radius 1 is 1.43 bits per heavy atom. The molecule has 0 bridgehead atoms. The number of ether oxygens (including phenoxy) is 1. The Kier molecular flexibility index (Phi) is 4.13. The minimum atomic E-state index is -0.221. The lowest BCUT2D eigenvalue weighted by Crippen LogP contribution is -1.97. The molecule has 1 aromatic heterocycles. The second-order valence-electron chi connectivity index (χ2n) is 4.87. The summed E-state index contributed by atoms with van der Waals surface area (Å²) in [5.74, 6) is 0.305. The average molecular weight is 323 g/mol. The number of aromatic nitrogens is 1. The number of amides is 1. The molecule has 2 aromatic rings. The first-order chi connectivity index (χ1) is 11.1. The molecule has 0 N–H and O–H groups in total. The Labute approximate surface area is 137 Å². The van der Waals surface area contributed by atoms with Crippen LogP contribution in [0, 0.1) is 11.3 Å². The Morgan fingerprint density at radius 2 is 2.26 bits per heavy atom. The van der Waals surface area contributed by atoms with Crippen LogP contribution in [-0.4, -0.2) is 22.5 Å².